The van der Waals surface area contributed by atoms with Gasteiger partial charge in [0.1, 0.15) is 0 Å². The van der Waals surface area contributed by atoms with E-state index in [2.05, 4.69) is 50.5 Å². The molecule has 0 amide bonds. The van der Waals surface area contributed by atoms with Gasteiger partial charge in [-0.2, -0.15) is 0 Å². The van der Waals surface area contributed by atoms with E-state index in [-0.39, 0.29) is 5.54 Å². The maximum Gasteiger partial charge on any atom is 0.0435 e. The van der Waals surface area contributed by atoms with Crippen LogP contribution >= 0.6 is 15.9 Å². The van der Waals surface area contributed by atoms with Crippen LogP contribution in [0.15, 0.2) is 28.7 Å². The Kier molecular flexibility index (Phi) is 4.99. The van der Waals surface area contributed by atoms with Crippen molar-refractivity contribution in [2.24, 2.45) is 5.84 Å². The predicted octanol–water partition coefficient (Wildman–Crippen LogP) is 3.23. The number of hydrazine groups is 1. The van der Waals surface area contributed by atoms with Crippen molar-refractivity contribution in [3.63, 3.8) is 0 Å². The second kappa shape index (κ2) is 6.78. The third-order valence-electron chi connectivity index (χ3n) is 5.38. The topological polar surface area (TPSA) is 41.3 Å². The van der Waals surface area contributed by atoms with Crippen molar-refractivity contribution < 1.29 is 0 Å². The number of hydrogen-bond donors (Lipinski definition) is 2. The molecule has 2 aliphatic rings. The summed E-state index contributed by atoms with van der Waals surface area (Å²) in [4.78, 5) is 2.72. The molecule has 116 valence electrons. The van der Waals surface area contributed by atoms with Gasteiger partial charge in [-0.15, -0.1) is 0 Å². The molecule has 21 heavy (non-hydrogen) atoms. The van der Waals surface area contributed by atoms with Crippen LogP contribution in [0.4, 0.5) is 0 Å². The molecule has 1 heterocycles. The van der Waals surface area contributed by atoms with Crippen LogP contribution in [0.1, 0.15) is 44.1 Å². The molecule has 1 atom stereocenters. The SMILES string of the molecule is NNC(Cc1cccc(Br)c1)C1(N2CCCC2)CCCC1. The fourth-order valence-electron chi connectivity index (χ4n) is 4.34. The van der Waals surface area contributed by atoms with E-state index >= 15 is 0 Å². The van der Waals surface area contributed by atoms with Crippen molar-refractivity contribution in [1.29, 1.82) is 0 Å². The molecule has 2 fully saturated rings. The largest absolute Gasteiger partial charge is 0.296 e. The van der Waals surface area contributed by atoms with Gasteiger partial charge in [0.25, 0.3) is 0 Å². The van der Waals surface area contributed by atoms with Gasteiger partial charge in [-0.1, -0.05) is 40.9 Å². The monoisotopic (exact) mass is 351 g/mol. The summed E-state index contributed by atoms with van der Waals surface area (Å²) in [6, 6.07) is 8.97. The lowest BCUT2D eigenvalue weighted by molar-refractivity contribution is 0.0766. The Hall–Kier alpha value is -0.420. The fourth-order valence-corrected chi connectivity index (χ4v) is 4.79. The Morgan fingerprint density at radius 2 is 1.90 bits per heavy atom. The van der Waals surface area contributed by atoms with Crippen LogP contribution in [0.25, 0.3) is 0 Å². The highest BCUT2D eigenvalue weighted by Gasteiger charge is 2.46. The summed E-state index contributed by atoms with van der Waals surface area (Å²) >= 11 is 3.58. The van der Waals surface area contributed by atoms with Gasteiger partial charge >= 0.3 is 0 Å². The fraction of sp³-hybridized carbons (Fsp3) is 0.647. The van der Waals surface area contributed by atoms with Crippen LogP contribution in [0, 0.1) is 0 Å². The van der Waals surface area contributed by atoms with Gasteiger partial charge in [0.2, 0.25) is 0 Å². The van der Waals surface area contributed by atoms with Crippen LogP contribution in [0.3, 0.4) is 0 Å². The lowest BCUT2D eigenvalue weighted by atomic mass is 9.83. The summed E-state index contributed by atoms with van der Waals surface area (Å²) in [5.74, 6) is 6.00. The molecule has 1 aliphatic heterocycles. The normalized spacial score (nSPS) is 23.5. The van der Waals surface area contributed by atoms with E-state index in [1.807, 2.05) is 0 Å². The molecule has 1 aromatic rings. The van der Waals surface area contributed by atoms with Crippen molar-refractivity contribution >= 4 is 15.9 Å². The second-order valence-electron chi connectivity index (χ2n) is 6.56. The standard InChI is InChI=1S/C17H26BrN3/c18-15-7-5-6-14(12-15)13-16(20-19)17(8-1-2-9-17)21-10-3-4-11-21/h5-7,12,16,20H,1-4,8-11,13,19H2. The maximum atomic E-state index is 6.00. The molecule has 1 aliphatic carbocycles. The minimum Gasteiger partial charge on any atom is -0.296 e. The quantitative estimate of drug-likeness (QED) is 0.632. The minimum atomic E-state index is 0.271. The van der Waals surface area contributed by atoms with Gasteiger partial charge in [-0.05, 0) is 62.9 Å². The van der Waals surface area contributed by atoms with Crippen molar-refractivity contribution in [1.82, 2.24) is 10.3 Å². The van der Waals surface area contributed by atoms with Gasteiger partial charge in [-0.25, -0.2) is 0 Å². The molecular weight excluding hydrogens is 326 g/mol. The third kappa shape index (κ3) is 3.19. The zero-order chi connectivity index (χ0) is 14.7. The Balaban J connectivity index is 1.82. The molecule has 4 heteroatoms. The van der Waals surface area contributed by atoms with Crippen LogP contribution < -0.4 is 11.3 Å². The number of nitrogens with zero attached hydrogens (tertiary/aromatic N) is 1. The molecule has 0 radical (unpaired) electrons. The van der Waals surface area contributed by atoms with E-state index in [9.17, 15) is 0 Å². The molecule has 1 saturated carbocycles. The number of halogens is 1. The zero-order valence-electron chi connectivity index (χ0n) is 12.7. The van der Waals surface area contributed by atoms with Crippen molar-refractivity contribution in [3.8, 4) is 0 Å². The van der Waals surface area contributed by atoms with E-state index in [1.54, 1.807) is 0 Å². The second-order valence-corrected chi connectivity index (χ2v) is 7.47. The molecule has 0 aromatic heterocycles. The Morgan fingerprint density at radius 3 is 2.52 bits per heavy atom. The van der Waals surface area contributed by atoms with Crippen LogP contribution in [-0.2, 0) is 6.42 Å². The molecule has 3 rings (SSSR count). The van der Waals surface area contributed by atoms with Gasteiger partial charge in [0.05, 0.1) is 0 Å². The lowest BCUT2D eigenvalue weighted by Crippen LogP contribution is -2.61. The average Bonchev–Trinajstić information content (AvgIpc) is 3.16. The molecule has 0 spiro atoms. The van der Waals surface area contributed by atoms with Crippen molar-refractivity contribution in [3.05, 3.63) is 34.3 Å². The van der Waals surface area contributed by atoms with Gasteiger partial charge in [0, 0.05) is 16.1 Å². The number of nitrogens with one attached hydrogen (secondary N) is 1. The van der Waals surface area contributed by atoms with Gasteiger partial charge < -0.3 is 0 Å². The Bertz CT molecular complexity index is 465. The predicted molar refractivity (Wildman–Crippen MR) is 91.0 cm³/mol. The molecule has 3 nitrogen and oxygen atoms in total. The number of nitrogens with two attached hydrogens (primary N) is 1. The lowest BCUT2D eigenvalue weighted by Gasteiger charge is -2.45. The summed E-state index contributed by atoms with van der Waals surface area (Å²) in [5, 5.41) is 0. The molecule has 3 N–H and O–H groups in total. The number of rotatable bonds is 5. The van der Waals surface area contributed by atoms with E-state index in [0.717, 1.165) is 10.9 Å². The Morgan fingerprint density at radius 1 is 1.19 bits per heavy atom. The van der Waals surface area contributed by atoms with Crippen molar-refractivity contribution in [2.45, 2.75) is 56.5 Å². The van der Waals surface area contributed by atoms with E-state index < -0.39 is 0 Å². The maximum absolute atomic E-state index is 6.00. The minimum absolute atomic E-state index is 0.271. The third-order valence-corrected chi connectivity index (χ3v) is 5.88. The highest BCUT2D eigenvalue weighted by molar-refractivity contribution is 9.10. The van der Waals surface area contributed by atoms with Gasteiger partial charge in [-0.3, -0.25) is 16.2 Å². The first-order valence-electron chi connectivity index (χ1n) is 8.20. The first-order valence-corrected chi connectivity index (χ1v) is 8.99. The van der Waals surface area contributed by atoms with Crippen LogP contribution in [0.5, 0.6) is 0 Å². The Labute approximate surface area is 136 Å². The summed E-state index contributed by atoms with van der Waals surface area (Å²) in [6.45, 7) is 2.49. The number of likely N-dealkylation sites (tertiary alicyclic amines) is 1. The molecule has 1 saturated heterocycles. The number of benzene rings is 1. The van der Waals surface area contributed by atoms with E-state index in [0.29, 0.717) is 6.04 Å². The average molecular weight is 352 g/mol. The molecule has 1 aromatic carbocycles. The van der Waals surface area contributed by atoms with Crippen LogP contribution in [-0.4, -0.2) is 29.6 Å². The van der Waals surface area contributed by atoms with Crippen LogP contribution in [0.2, 0.25) is 0 Å². The number of hydrogen-bond acceptors (Lipinski definition) is 3. The summed E-state index contributed by atoms with van der Waals surface area (Å²) in [6.07, 6.45) is 8.95. The molecular formula is C17H26BrN3. The van der Waals surface area contributed by atoms with E-state index in [1.165, 1.54) is 57.2 Å². The zero-order valence-corrected chi connectivity index (χ0v) is 14.2. The highest BCUT2D eigenvalue weighted by Crippen LogP contribution is 2.40. The van der Waals surface area contributed by atoms with Gasteiger partial charge in [0.15, 0.2) is 0 Å². The smallest absolute Gasteiger partial charge is 0.0435 e. The molecule has 0 bridgehead atoms. The van der Waals surface area contributed by atoms with Crippen molar-refractivity contribution in [2.75, 3.05) is 13.1 Å². The first-order chi connectivity index (χ1) is 10.2. The summed E-state index contributed by atoms with van der Waals surface area (Å²) in [7, 11) is 0. The highest BCUT2D eigenvalue weighted by atomic mass is 79.9. The summed E-state index contributed by atoms with van der Waals surface area (Å²) < 4.78 is 1.15. The molecule has 1 unspecified atom stereocenters. The first kappa shape index (κ1) is 15.5. The van der Waals surface area contributed by atoms with E-state index in [4.69, 9.17) is 5.84 Å². The summed E-state index contributed by atoms with van der Waals surface area (Å²) in [5.41, 5.74) is 4.80.